The van der Waals surface area contributed by atoms with E-state index in [0.717, 1.165) is 10.0 Å². The summed E-state index contributed by atoms with van der Waals surface area (Å²) in [6, 6.07) is 8.04. The summed E-state index contributed by atoms with van der Waals surface area (Å²) in [7, 11) is 0. The molecular weight excluding hydrogens is 202 g/mol. The molecule has 1 aromatic heterocycles. The summed E-state index contributed by atoms with van der Waals surface area (Å²) in [5.74, 6) is 0. The maximum Gasteiger partial charge on any atom is 0.124 e. The Labute approximate surface area is 85.2 Å². The lowest BCUT2D eigenvalue weighted by Gasteiger charge is -1.94. The number of benzene rings is 1. The first-order valence-corrected chi connectivity index (χ1v) is 5.21. The van der Waals surface area contributed by atoms with Gasteiger partial charge in [-0.05, 0) is 6.07 Å². The van der Waals surface area contributed by atoms with Crippen LogP contribution in [-0.2, 0) is 6.54 Å². The van der Waals surface area contributed by atoms with E-state index in [1.165, 1.54) is 4.70 Å². The van der Waals surface area contributed by atoms with Gasteiger partial charge >= 0.3 is 0 Å². The van der Waals surface area contributed by atoms with Crippen molar-refractivity contribution in [2.75, 3.05) is 6.61 Å². The number of hydrogen-bond donors (Lipinski definition) is 1. The molecule has 2 nitrogen and oxygen atoms in total. The normalized spacial score (nSPS) is 10.8. The van der Waals surface area contributed by atoms with Crippen molar-refractivity contribution >= 4 is 33.8 Å². The average molecular weight is 211 g/mol. The number of hydrogen-bond acceptors (Lipinski definition) is 3. The number of nitrogens with zero attached hydrogens (tertiary/aromatic N) is 1. The van der Waals surface area contributed by atoms with Crippen LogP contribution in [0.2, 0.25) is 0 Å². The zero-order valence-electron chi connectivity index (χ0n) is 6.93. The minimum absolute atomic E-state index is 0.140. The molecule has 0 saturated heterocycles. The molecule has 1 aromatic carbocycles. The molecule has 0 spiro atoms. The smallest absolute Gasteiger partial charge is 0.124 e. The zero-order chi connectivity index (χ0) is 9.26. The second-order valence-corrected chi connectivity index (χ2v) is 4.17. The van der Waals surface area contributed by atoms with Crippen LogP contribution in [0.1, 0.15) is 0 Å². The summed E-state index contributed by atoms with van der Waals surface area (Å²) in [6.07, 6.45) is 0. The minimum atomic E-state index is 0.140. The van der Waals surface area contributed by atoms with Gasteiger partial charge in [0, 0.05) is 5.39 Å². The van der Waals surface area contributed by atoms with Crippen LogP contribution in [0.5, 0.6) is 0 Å². The third-order valence-corrected chi connectivity index (χ3v) is 3.55. The fourth-order valence-corrected chi connectivity index (χ4v) is 2.70. The molecular formula is C9H9NOS2. The largest absolute Gasteiger partial charge is 0.394 e. The number of aromatic nitrogens is 1. The predicted octanol–water partition coefficient (Wildman–Crippen LogP) is 2.42. The first-order chi connectivity index (χ1) is 6.33. The van der Waals surface area contributed by atoms with Crippen molar-refractivity contribution in [1.29, 1.82) is 0 Å². The van der Waals surface area contributed by atoms with Gasteiger partial charge in [-0.25, -0.2) is 0 Å². The van der Waals surface area contributed by atoms with Crippen LogP contribution in [0.3, 0.4) is 0 Å². The minimum Gasteiger partial charge on any atom is -0.394 e. The molecule has 1 heterocycles. The monoisotopic (exact) mass is 211 g/mol. The van der Waals surface area contributed by atoms with E-state index in [1.807, 2.05) is 28.2 Å². The van der Waals surface area contributed by atoms with Gasteiger partial charge in [-0.1, -0.05) is 41.9 Å². The van der Waals surface area contributed by atoms with Crippen molar-refractivity contribution in [3.8, 4) is 0 Å². The number of aliphatic hydroxyl groups excluding tert-OH is 1. The molecule has 0 aliphatic heterocycles. The van der Waals surface area contributed by atoms with Crippen molar-refractivity contribution in [2.24, 2.45) is 0 Å². The Morgan fingerprint density at radius 1 is 1.38 bits per heavy atom. The van der Waals surface area contributed by atoms with Crippen LogP contribution < -0.4 is 0 Å². The molecule has 0 atom stereocenters. The lowest BCUT2D eigenvalue weighted by atomic mass is 10.3. The van der Waals surface area contributed by atoms with E-state index in [4.69, 9.17) is 17.3 Å². The van der Waals surface area contributed by atoms with Gasteiger partial charge < -0.3 is 5.11 Å². The van der Waals surface area contributed by atoms with Crippen molar-refractivity contribution < 1.29 is 5.11 Å². The molecule has 1 N–H and O–H groups in total. The van der Waals surface area contributed by atoms with Gasteiger partial charge in [-0.15, -0.1) is 0 Å². The molecule has 4 heteroatoms. The lowest BCUT2D eigenvalue weighted by Crippen LogP contribution is -1.97. The highest BCUT2D eigenvalue weighted by molar-refractivity contribution is 7.71. The van der Waals surface area contributed by atoms with E-state index in [1.54, 1.807) is 11.5 Å². The molecule has 2 aromatic rings. The SMILES string of the molecule is OCCn1sc2ccccc2c1=S. The topological polar surface area (TPSA) is 25.2 Å². The van der Waals surface area contributed by atoms with Crippen LogP contribution in [0.25, 0.3) is 10.1 Å². The number of rotatable bonds is 2. The molecule has 0 aliphatic carbocycles. The predicted molar refractivity (Wildman–Crippen MR) is 57.7 cm³/mol. The summed E-state index contributed by atoms with van der Waals surface area (Å²) < 4.78 is 3.95. The summed E-state index contributed by atoms with van der Waals surface area (Å²) in [5, 5.41) is 9.92. The van der Waals surface area contributed by atoms with Gasteiger partial charge in [-0.2, -0.15) is 0 Å². The van der Waals surface area contributed by atoms with Gasteiger partial charge in [0.05, 0.1) is 17.9 Å². The van der Waals surface area contributed by atoms with Crippen molar-refractivity contribution in [1.82, 2.24) is 3.96 Å². The number of aliphatic hydroxyl groups is 1. The van der Waals surface area contributed by atoms with E-state index < -0.39 is 0 Å². The van der Waals surface area contributed by atoms with Crippen LogP contribution in [0.4, 0.5) is 0 Å². The maximum absolute atomic E-state index is 8.81. The van der Waals surface area contributed by atoms with Crippen LogP contribution in [-0.4, -0.2) is 15.7 Å². The summed E-state index contributed by atoms with van der Waals surface area (Å²) in [6.45, 7) is 0.735. The van der Waals surface area contributed by atoms with Gasteiger partial charge in [0.2, 0.25) is 0 Å². The van der Waals surface area contributed by atoms with E-state index in [9.17, 15) is 0 Å². The Morgan fingerprint density at radius 2 is 2.15 bits per heavy atom. The molecule has 0 amide bonds. The summed E-state index contributed by atoms with van der Waals surface area (Å²) in [4.78, 5) is 0. The highest BCUT2D eigenvalue weighted by atomic mass is 32.1. The highest BCUT2D eigenvalue weighted by Gasteiger charge is 2.01. The zero-order valence-corrected chi connectivity index (χ0v) is 8.57. The molecule has 0 saturated carbocycles. The van der Waals surface area contributed by atoms with Crippen molar-refractivity contribution in [3.05, 3.63) is 28.9 Å². The third kappa shape index (κ3) is 1.52. The Morgan fingerprint density at radius 3 is 2.85 bits per heavy atom. The van der Waals surface area contributed by atoms with Crippen LogP contribution in [0.15, 0.2) is 24.3 Å². The quantitative estimate of drug-likeness (QED) is 0.772. The molecule has 0 aliphatic rings. The van der Waals surface area contributed by atoms with Gasteiger partial charge in [-0.3, -0.25) is 3.96 Å². The fraction of sp³-hybridized carbons (Fsp3) is 0.222. The average Bonchev–Trinajstić information content (AvgIpc) is 2.46. The van der Waals surface area contributed by atoms with Gasteiger partial charge in [0.15, 0.2) is 0 Å². The second kappa shape index (κ2) is 3.57. The molecule has 0 fully saturated rings. The molecule has 13 heavy (non-hydrogen) atoms. The van der Waals surface area contributed by atoms with E-state index in [0.29, 0.717) is 6.54 Å². The first kappa shape index (κ1) is 8.87. The van der Waals surface area contributed by atoms with Crippen molar-refractivity contribution in [2.45, 2.75) is 6.54 Å². The van der Waals surface area contributed by atoms with E-state index in [-0.39, 0.29) is 6.61 Å². The highest BCUT2D eigenvalue weighted by Crippen LogP contribution is 2.22. The Kier molecular flexibility index (Phi) is 2.44. The Bertz CT molecular complexity index is 472. The van der Waals surface area contributed by atoms with Crippen LogP contribution in [0, 0.1) is 4.64 Å². The lowest BCUT2D eigenvalue weighted by molar-refractivity contribution is 0.280. The van der Waals surface area contributed by atoms with Crippen LogP contribution >= 0.6 is 23.8 Å². The third-order valence-electron chi connectivity index (χ3n) is 1.86. The van der Waals surface area contributed by atoms with Gasteiger partial charge in [0.25, 0.3) is 0 Å². The standard InChI is InChI=1S/C9H9NOS2/c11-6-5-10-9(12)7-3-1-2-4-8(7)13-10/h1-4,11H,5-6H2. The fourth-order valence-electron chi connectivity index (χ4n) is 1.26. The maximum atomic E-state index is 8.81. The molecule has 0 bridgehead atoms. The summed E-state index contributed by atoms with van der Waals surface area (Å²) >= 11 is 6.86. The molecule has 68 valence electrons. The Hall–Kier alpha value is -0.710. The van der Waals surface area contributed by atoms with Gasteiger partial charge in [0.1, 0.15) is 4.64 Å². The number of fused-ring (bicyclic) bond motifs is 1. The van der Waals surface area contributed by atoms with E-state index >= 15 is 0 Å². The van der Waals surface area contributed by atoms with Crippen molar-refractivity contribution in [3.63, 3.8) is 0 Å². The molecule has 0 radical (unpaired) electrons. The van der Waals surface area contributed by atoms with E-state index in [2.05, 4.69) is 0 Å². The molecule has 2 rings (SSSR count). The summed E-state index contributed by atoms with van der Waals surface area (Å²) in [5.41, 5.74) is 0. The Balaban J connectivity index is 2.67. The molecule has 0 unspecified atom stereocenters. The second-order valence-electron chi connectivity index (χ2n) is 2.72. The first-order valence-electron chi connectivity index (χ1n) is 4.02.